The van der Waals surface area contributed by atoms with Gasteiger partial charge in [0.25, 0.3) is 6.01 Å². The molecule has 32 heavy (non-hydrogen) atoms. The van der Waals surface area contributed by atoms with Gasteiger partial charge in [0.05, 0.1) is 11.4 Å². The average Bonchev–Trinajstić information content (AvgIpc) is 3.30. The zero-order valence-electron chi connectivity index (χ0n) is 17.8. The first kappa shape index (κ1) is 18.8. The molecule has 4 N–H and O–H groups in total. The molecule has 0 aliphatic carbocycles. The van der Waals surface area contributed by atoms with Crippen LogP contribution in [0, 0.1) is 13.8 Å². The summed E-state index contributed by atoms with van der Waals surface area (Å²) < 4.78 is 7.87. The summed E-state index contributed by atoms with van der Waals surface area (Å²) in [5.41, 5.74) is 13.4. The molecule has 9 nitrogen and oxygen atoms in total. The van der Waals surface area contributed by atoms with Crippen molar-refractivity contribution in [2.24, 2.45) is 0 Å². The van der Waals surface area contributed by atoms with Crippen LogP contribution >= 0.6 is 0 Å². The zero-order chi connectivity index (χ0) is 21.8. The first-order valence-corrected chi connectivity index (χ1v) is 10.5. The minimum atomic E-state index is 0.271. The molecule has 0 saturated carbocycles. The van der Waals surface area contributed by atoms with Crippen LogP contribution in [0.25, 0.3) is 33.4 Å². The molecule has 1 fully saturated rings. The van der Waals surface area contributed by atoms with Gasteiger partial charge in [0.2, 0.25) is 0 Å². The molecular formula is C23H22N8O. The Morgan fingerprint density at radius 2 is 1.94 bits per heavy atom. The SMILES string of the molecule is Cc1cc(C)c2oc(Nc3ccc(-c4nn(C5CNC5)c5ncnc(N)c45)cc3)nc2c1. The Kier molecular flexibility index (Phi) is 4.12. The van der Waals surface area contributed by atoms with Crippen molar-refractivity contribution in [1.82, 2.24) is 30.0 Å². The molecule has 0 atom stereocenters. The molecule has 4 heterocycles. The molecular weight excluding hydrogens is 404 g/mol. The van der Waals surface area contributed by atoms with Gasteiger partial charge in [-0.2, -0.15) is 10.1 Å². The number of nitrogen functional groups attached to an aromatic ring is 1. The fourth-order valence-electron chi connectivity index (χ4n) is 4.16. The molecule has 1 aliphatic rings. The van der Waals surface area contributed by atoms with Crippen molar-refractivity contribution in [3.05, 3.63) is 53.9 Å². The third-order valence-electron chi connectivity index (χ3n) is 5.85. The Hall–Kier alpha value is -3.98. The Morgan fingerprint density at radius 3 is 2.69 bits per heavy atom. The lowest BCUT2D eigenvalue weighted by molar-refractivity contribution is 0.325. The van der Waals surface area contributed by atoms with Crippen molar-refractivity contribution >= 4 is 39.7 Å². The van der Waals surface area contributed by atoms with Crippen LogP contribution in [0.15, 0.2) is 47.1 Å². The molecule has 0 spiro atoms. The van der Waals surface area contributed by atoms with Gasteiger partial charge in [-0.05, 0) is 43.2 Å². The van der Waals surface area contributed by atoms with E-state index in [9.17, 15) is 0 Å². The number of nitrogens with two attached hydrogens (primary N) is 1. The van der Waals surface area contributed by atoms with Gasteiger partial charge in [-0.25, -0.2) is 14.6 Å². The van der Waals surface area contributed by atoms with Crippen LogP contribution in [0.3, 0.4) is 0 Å². The minimum absolute atomic E-state index is 0.271. The van der Waals surface area contributed by atoms with Crippen LogP contribution in [0.1, 0.15) is 17.2 Å². The van der Waals surface area contributed by atoms with Crippen molar-refractivity contribution in [3.63, 3.8) is 0 Å². The van der Waals surface area contributed by atoms with E-state index in [2.05, 4.69) is 38.6 Å². The Bertz CT molecular complexity index is 1460. The molecule has 160 valence electrons. The number of hydrogen-bond acceptors (Lipinski definition) is 8. The largest absolute Gasteiger partial charge is 0.423 e. The molecule has 9 heteroatoms. The molecule has 6 rings (SSSR count). The van der Waals surface area contributed by atoms with Crippen LogP contribution in [-0.4, -0.2) is 37.8 Å². The topological polar surface area (TPSA) is 120 Å². The normalized spacial score (nSPS) is 14.2. The summed E-state index contributed by atoms with van der Waals surface area (Å²) in [6.07, 6.45) is 1.49. The van der Waals surface area contributed by atoms with Crippen LogP contribution in [-0.2, 0) is 0 Å². The fraction of sp³-hybridized carbons (Fsp3) is 0.217. The highest BCUT2D eigenvalue weighted by Gasteiger charge is 2.25. The third-order valence-corrected chi connectivity index (χ3v) is 5.85. The second-order valence-corrected chi connectivity index (χ2v) is 8.21. The van der Waals surface area contributed by atoms with E-state index in [1.165, 1.54) is 6.33 Å². The van der Waals surface area contributed by atoms with E-state index in [1.54, 1.807) is 0 Å². The highest BCUT2D eigenvalue weighted by atomic mass is 16.4. The number of nitrogens with zero attached hydrogens (tertiary/aromatic N) is 5. The fourth-order valence-corrected chi connectivity index (χ4v) is 4.16. The van der Waals surface area contributed by atoms with Gasteiger partial charge in [0.15, 0.2) is 11.2 Å². The number of fused-ring (bicyclic) bond motifs is 2. The van der Waals surface area contributed by atoms with Gasteiger partial charge in [-0.3, -0.25) is 0 Å². The number of hydrogen-bond donors (Lipinski definition) is 3. The lowest BCUT2D eigenvalue weighted by Gasteiger charge is -2.27. The predicted octanol–water partition coefficient (Wildman–Crippen LogP) is 3.72. The minimum Gasteiger partial charge on any atom is -0.423 e. The monoisotopic (exact) mass is 426 g/mol. The molecule has 0 amide bonds. The van der Waals surface area contributed by atoms with Crippen molar-refractivity contribution in [3.8, 4) is 11.3 Å². The lowest BCUT2D eigenvalue weighted by atomic mass is 10.1. The Morgan fingerprint density at radius 1 is 1.12 bits per heavy atom. The summed E-state index contributed by atoms with van der Waals surface area (Å²) in [5, 5.41) is 12.2. The first-order chi connectivity index (χ1) is 15.6. The van der Waals surface area contributed by atoms with E-state index in [4.69, 9.17) is 15.2 Å². The van der Waals surface area contributed by atoms with Gasteiger partial charge in [0, 0.05) is 24.3 Å². The maximum atomic E-state index is 6.21. The number of oxazole rings is 1. The highest BCUT2D eigenvalue weighted by molar-refractivity contribution is 5.98. The van der Waals surface area contributed by atoms with Crippen molar-refractivity contribution in [1.29, 1.82) is 0 Å². The zero-order valence-corrected chi connectivity index (χ0v) is 17.8. The first-order valence-electron chi connectivity index (χ1n) is 10.5. The summed E-state index contributed by atoms with van der Waals surface area (Å²) in [6.45, 7) is 5.81. The summed E-state index contributed by atoms with van der Waals surface area (Å²) in [4.78, 5) is 13.2. The van der Waals surface area contributed by atoms with Crippen LogP contribution in [0.5, 0.6) is 0 Å². The average molecular weight is 426 g/mol. The van der Waals surface area contributed by atoms with Gasteiger partial charge < -0.3 is 20.8 Å². The molecule has 1 saturated heterocycles. The lowest BCUT2D eigenvalue weighted by Crippen LogP contribution is -2.43. The molecule has 0 bridgehead atoms. The summed E-state index contributed by atoms with van der Waals surface area (Å²) in [5.74, 6) is 0.433. The Labute approximate surface area is 183 Å². The Balaban J connectivity index is 1.34. The van der Waals surface area contributed by atoms with E-state index < -0.39 is 0 Å². The molecule has 1 aliphatic heterocycles. The number of rotatable bonds is 4. The molecule has 0 radical (unpaired) electrons. The van der Waals surface area contributed by atoms with E-state index in [1.807, 2.05) is 41.9 Å². The number of anilines is 3. The third kappa shape index (κ3) is 2.97. The molecule has 2 aromatic carbocycles. The maximum absolute atomic E-state index is 6.21. The predicted molar refractivity (Wildman–Crippen MR) is 124 cm³/mol. The van der Waals surface area contributed by atoms with Crippen molar-refractivity contribution in [2.75, 3.05) is 24.1 Å². The number of aromatic nitrogens is 5. The van der Waals surface area contributed by atoms with E-state index >= 15 is 0 Å². The number of nitrogens with one attached hydrogen (secondary N) is 2. The van der Waals surface area contributed by atoms with Crippen LogP contribution in [0.4, 0.5) is 17.5 Å². The van der Waals surface area contributed by atoms with Crippen LogP contribution in [0.2, 0.25) is 0 Å². The van der Waals surface area contributed by atoms with E-state index in [0.29, 0.717) is 11.8 Å². The van der Waals surface area contributed by atoms with Gasteiger partial charge in [0.1, 0.15) is 23.4 Å². The quantitative estimate of drug-likeness (QED) is 0.398. The maximum Gasteiger partial charge on any atom is 0.300 e. The number of benzene rings is 2. The highest BCUT2D eigenvalue weighted by Crippen LogP contribution is 2.33. The second kappa shape index (κ2) is 7.03. The summed E-state index contributed by atoms with van der Waals surface area (Å²) in [7, 11) is 0. The van der Waals surface area contributed by atoms with Crippen LogP contribution < -0.4 is 16.4 Å². The smallest absolute Gasteiger partial charge is 0.300 e. The standard InChI is InChI=1S/C23H22N8O/c1-12-7-13(2)20-17(8-12)29-23(32-20)28-15-5-3-14(4-6-15)19-18-21(24)26-11-27-22(18)31(30-19)16-9-25-10-16/h3-8,11,16,25H,9-10H2,1-2H3,(H,28,29)(H2,24,26,27). The van der Waals surface area contributed by atoms with Gasteiger partial charge in [-0.15, -0.1) is 0 Å². The molecule has 0 unspecified atom stereocenters. The van der Waals surface area contributed by atoms with Crippen molar-refractivity contribution in [2.45, 2.75) is 19.9 Å². The summed E-state index contributed by atoms with van der Waals surface area (Å²) in [6, 6.07) is 12.8. The molecule has 5 aromatic rings. The van der Waals surface area contributed by atoms with E-state index in [-0.39, 0.29) is 6.04 Å². The van der Waals surface area contributed by atoms with Crippen molar-refractivity contribution < 1.29 is 4.42 Å². The van der Waals surface area contributed by atoms with Gasteiger partial charge >= 0.3 is 0 Å². The number of aryl methyl sites for hydroxylation is 2. The molecule has 3 aromatic heterocycles. The van der Waals surface area contributed by atoms with Gasteiger partial charge in [-0.1, -0.05) is 18.2 Å². The second-order valence-electron chi connectivity index (χ2n) is 8.21. The van der Waals surface area contributed by atoms with E-state index in [0.717, 1.165) is 63.3 Å². The summed E-state index contributed by atoms with van der Waals surface area (Å²) >= 11 is 0.